The zero-order valence-corrected chi connectivity index (χ0v) is 15.1. The van der Waals surface area contributed by atoms with Gasteiger partial charge in [-0.2, -0.15) is 0 Å². The van der Waals surface area contributed by atoms with E-state index in [2.05, 4.69) is 4.98 Å². The average Bonchev–Trinajstić information content (AvgIpc) is 2.69. The Balaban J connectivity index is 1.78. The normalized spacial score (nSPS) is 16.7. The number of rotatable bonds is 5. The first-order valence-corrected chi connectivity index (χ1v) is 9.03. The molecule has 0 unspecified atom stereocenters. The van der Waals surface area contributed by atoms with E-state index in [-0.39, 0.29) is 17.6 Å². The predicted molar refractivity (Wildman–Crippen MR) is 100 cm³/mol. The van der Waals surface area contributed by atoms with Crippen LogP contribution in [0.2, 0.25) is 0 Å². The van der Waals surface area contributed by atoms with Gasteiger partial charge in [0.15, 0.2) is 0 Å². The lowest BCUT2D eigenvalue weighted by Crippen LogP contribution is -2.48. The predicted octanol–water partition coefficient (Wildman–Crippen LogP) is 2.11. The summed E-state index contributed by atoms with van der Waals surface area (Å²) in [6.07, 6.45) is 4.91. The van der Waals surface area contributed by atoms with Gasteiger partial charge in [0.1, 0.15) is 5.75 Å². The van der Waals surface area contributed by atoms with Crippen LogP contribution in [0.25, 0.3) is 0 Å². The lowest BCUT2D eigenvalue weighted by Gasteiger charge is -2.34. The minimum Gasteiger partial charge on any atom is -0.508 e. The van der Waals surface area contributed by atoms with Crippen LogP contribution in [0, 0.1) is 5.92 Å². The Morgan fingerprint density at radius 2 is 1.74 bits per heavy atom. The van der Waals surface area contributed by atoms with Gasteiger partial charge in [0.25, 0.3) is 0 Å². The summed E-state index contributed by atoms with van der Waals surface area (Å²) in [5.41, 5.74) is 7.31. The number of nitrogens with two attached hydrogens (primary N) is 1. The van der Waals surface area contributed by atoms with Crippen molar-refractivity contribution in [2.24, 2.45) is 11.7 Å². The van der Waals surface area contributed by atoms with Crippen molar-refractivity contribution in [2.45, 2.75) is 25.9 Å². The zero-order valence-electron chi connectivity index (χ0n) is 15.1. The molecule has 0 radical (unpaired) electrons. The van der Waals surface area contributed by atoms with E-state index < -0.39 is 6.03 Å². The SMILES string of the molecule is NC(=O)N1CCC[C@H](C(=O)N(Cc2ccncc2)Cc2ccc(O)cc2)C1. The fraction of sp³-hybridized carbons (Fsp3) is 0.350. The third-order valence-electron chi connectivity index (χ3n) is 4.83. The monoisotopic (exact) mass is 368 g/mol. The van der Waals surface area contributed by atoms with Crippen molar-refractivity contribution in [3.63, 3.8) is 0 Å². The number of aromatic nitrogens is 1. The van der Waals surface area contributed by atoms with Crippen molar-refractivity contribution in [3.05, 3.63) is 59.9 Å². The number of nitrogens with zero attached hydrogens (tertiary/aromatic N) is 3. The number of hydrogen-bond acceptors (Lipinski definition) is 4. The van der Waals surface area contributed by atoms with Crippen molar-refractivity contribution in [1.82, 2.24) is 14.8 Å². The van der Waals surface area contributed by atoms with Crippen LogP contribution in [0.5, 0.6) is 5.75 Å². The van der Waals surface area contributed by atoms with Crippen LogP contribution in [0.4, 0.5) is 4.79 Å². The molecule has 3 rings (SSSR count). The number of benzene rings is 1. The highest BCUT2D eigenvalue weighted by Crippen LogP contribution is 2.22. The maximum Gasteiger partial charge on any atom is 0.314 e. The number of primary amides is 1. The summed E-state index contributed by atoms with van der Waals surface area (Å²) < 4.78 is 0. The van der Waals surface area contributed by atoms with Crippen molar-refractivity contribution >= 4 is 11.9 Å². The summed E-state index contributed by atoms with van der Waals surface area (Å²) in [4.78, 5) is 32.1. The van der Waals surface area contributed by atoms with Crippen LogP contribution < -0.4 is 5.73 Å². The topological polar surface area (TPSA) is 99.8 Å². The smallest absolute Gasteiger partial charge is 0.314 e. The molecule has 0 aliphatic carbocycles. The van der Waals surface area contributed by atoms with Crippen molar-refractivity contribution < 1.29 is 14.7 Å². The van der Waals surface area contributed by atoms with E-state index in [0.717, 1.165) is 24.0 Å². The maximum atomic E-state index is 13.2. The fourth-order valence-electron chi connectivity index (χ4n) is 3.38. The Morgan fingerprint density at radius 3 is 2.37 bits per heavy atom. The van der Waals surface area contributed by atoms with Crippen LogP contribution in [-0.2, 0) is 17.9 Å². The quantitative estimate of drug-likeness (QED) is 0.844. The van der Waals surface area contributed by atoms with E-state index in [9.17, 15) is 14.7 Å². The minimum atomic E-state index is -0.480. The van der Waals surface area contributed by atoms with Crippen LogP contribution in [-0.4, -0.2) is 44.9 Å². The number of phenolic OH excluding ortho intramolecular Hbond substituents is 1. The van der Waals surface area contributed by atoms with Gasteiger partial charge in [0.05, 0.1) is 5.92 Å². The summed E-state index contributed by atoms with van der Waals surface area (Å²) in [5.74, 6) is -0.0637. The third kappa shape index (κ3) is 4.97. The Morgan fingerprint density at radius 1 is 1.11 bits per heavy atom. The number of carbonyl (C=O) groups is 2. The highest BCUT2D eigenvalue weighted by atomic mass is 16.3. The molecule has 0 bridgehead atoms. The Labute approximate surface area is 158 Å². The standard InChI is InChI=1S/C20H24N4O3/c21-20(27)23-11-1-2-17(14-23)19(26)24(13-16-7-9-22-10-8-16)12-15-3-5-18(25)6-4-15/h3-10,17,25H,1-2,11-14H2,(H2,21,27)/t17-/m0/s1. The van der Waals surface area contributed by atoms with E-state index in [0.29, 0.717) is 26.2 Å². The Hall–Kier alpha value is -3.09. The molecule has 1 aliphatic heterocycles. The maximum absolute atomic E-state index is 13.2. The first-order valence-electron chi connectivity index (χ1n) is 9.03. The van der Waals surface area contributed by atoms with Crippen molar-refractivity contribution in [1.29, 1.82) is 0 Å². The molecule has 27 heavy (non-hydrogen) atoms. The van der Waals surface area contributed by atoms with Crippen LogP contribution in [0.3, 0.4) is 0 Å². The minimum absolute atomic E-state index is 0.00540. The second-order valence-electron chi connectivity index (χ2n) is 6.84. The number of urea groups is 1. The highest BCUT2D eigenvalue weighted by molar-refractivity contribution is 5.80. The van der Waals surface area contributed by atoms with Gasteiger partial charge in [0.2, 0.25) is 5.91 Å². The molecule has 7 heteroatoms. The van der Waals surface area contributed by atoms with Crippen LogP contribution >= 0.6 is 0 Å². The molecule has 1 saturated heterocycles. The number of piperidine rings is 1. The number of amides is 3. The molecule has 0 saturated carbocycles. The number of likely N-dealkylation sites (tertiary alicyclic amines) is 1. The summed E-state index contributed by atoms with van der Waals surface area (Å²) in [6.45, 7) is 1.84. The van der Waals surface area contributed by atoms with Crippen LogP contribution in [0.15, 0.2) is 48.8 Å². The van der Waals surface area contributed by atoms with E-state index in [1.54, 1.807) is 41.6 Å². The molecule has 3 N–H and O–H groups in total. The Kier molecular flexibility index (Phi) is 5.90. The van der Waals surface area contributed by atoms with Gasteiger partial charge in [-0.25, -0.2) is 4.79 Å². The molecule has 0 spiro atoms. The van der Waals surface area contributed by atoms with Gasteiger partial charge >= 0.3 is 6.03 Å². The third-order valence-corrected chi connectivity index (χ3v) is 4.83. The van der Waals surface area contributed by atoms with Gasteiger partial charge < -0.3 is 20.6 Å². The molecule has 2 heterocycles. The van der Waals surface area contributed by atoms with Crippen LogP contribution in [0.1, 0.15) is 24.0 Å². The lowest BCUT2D eigenvalue weighted by atomic mass is 9.96. The van der Waals surface area contributed by atoms with Gasteiger partial charge in [0, 0.05) is 38.6 Å². The second-order valence-corrected chi connectivity index (χ2v) is 6.84. The number of aromatic hydroxyl groups is 1. The van der Waals surface area contributed by atoms with Gasteiger partial charge in [-0.1, -0.05) is 12.1 Å². The van der Waals surface area contributed by atoms with Crippen molar-refractivity contribution in [3.8, 4) is 5.75 Å². The summed E-state index contributed by atoms with van der Waals surface area (Å²) in [7, 11) is 0. The highest BCUT2D eigenvalue weighted by Gasteiger charge is 2.30. The van der Waals surface area contributed by atoms with Crippen molar-refractivity contribution in [2.75, 3.05) is 13.1 Å². The number of phenols is 1. The molecule has 1 aromatic carbocycles. The summed E-state index contributed by atoms with van der Waals surface area (Å²) in [6, 6.07) is 10.1. The van der Waals surface area contributed by atoms with E-state index >= 15 is 0 Å². The largest absolute Gasteiger partial charge is 0.508 e. The number of hydrogen-bond donors (Lipinski definition) is 2. The molecule has 1 aromatic heterocycles. The second kappa shape index (κ2) is 8.53. The first-order chi connectivity index (χ1) is 13.0. The molecular weight excluding hydrogens is 344 g/mol. The first kappa shape index (κ1) is 18.7. The van der Waals surface area contributed by atoms with E-state index in [4.69, 9.17) is 5.73 Å². The molecule has 7 nitrogen and oxygen atoms in total. The molecule has 1 fully saturated rings. The average molecular weight is 368 g/mol. The molecule has 2 aromatic rings. The fourth-order valence-corrected chi connectivity index (χ4v) is 3.38. The molecule has 142 valence electrons. The molecule has 1 aliphatic rings. The zero-order chi connectivity index (χ0) is 19.2. The number of pyridine rings is 1. The van der Waals surface area contributed by atoms with E-state index in [1.807, 2.05) is 12.1 Å². The lowest BCUT2D eigenvalue weighted by molar-refractivity contribution is -0.138. The van der Waals surface area contributed by atoms with Gasteiger partial charge in [-0.15, -0.1) is 0 Å². The summed E-state index contributed by atoms with van der Waals surface area (Å²) >= 11 is 0. The van der Waals surface area contributed by atoms with E-state index in [1.165, 1.54) is 4.90 Å². The molecule has 3 amide bonds. The molecule has 1 atom stereocenters. The van der Waals surface area contributed by atoms with Gasteiger partial charge in [-0.05, 0) is 48.2 Å². The van der Waals surface area contributed by atoms with Gasteiger partial charge in [-0.3, -0.25) is 9.78 Å². The molecular formula is C20H24N4O3. The summed E-state index contributed by atoms with van der Waals surface area (Å²) in [5, 5.41) is 9.48. The number of carbonyl (C=O) groups excluding carboxylic acids is 2. The Bertz CT molecular complexity index is 780.